The van der Waals surface area contributed by atoms with E-state index in [0.29, 0.717) is 22.9 Å². The summed E-state index contributed by atoms with van der Waals surface area (Å²) in [5.41, 5.74) is 1.49. The van der Waals surface area contributed by atoms with Crippen LogP contribution in [-0.2, 0) is 11.4 Å². The molecule has 0 saturated carbocycles. The predicted molar refractivity (Wildman–Crippen MR) is 150 cm³/mol. The van der Waals surface area contributed by atoms with Crippen LogP contribution in [-0.4, -0.2) is 17.9 Å². The molecule has 0 saturated heterocycles. The Morgan fingerprint density at radius 1 is 1.17 bits per heavy atom. The molecule has 1 amide bonds. The van der Waals surface area contributed by atoms with E-state index in [4.69, 9.17) is 21.1 Å². The summed E-state index contributed by atoms with van der Waals surface area (Å²) in [7, 11) is 1.33. The van der Waals surface area contributed by atoms with Crippen LogP contribution in [0.1, 0.15) is 11.1 Å². The summed E-state index contributed by atoms with van der Waals surface area (Å²) in [5.74, 6) is 0.126. The van der Waals surface area contributed by atoms with Crippen LogP contribution < -0.4 is 14.8 Å². The van der Waals surface area contributed by atoms with E-state index in [1.807, 2.05) is 18.2 Å². The van der Waals surface area contributed by atoms with E-state index < -0.39 is 10.8 Å². The Kier molecular flexibility index (Phi) is 9.30. The van der Waals surface area contributed by atoms with Gasteiger partial charge in [0.05, 0.1) is 30.9 Å². The average molecular weight is 716 g/mol. The van der Waals surface area contributed by atoms with Gasteiger partial charge in [0, 0.05) is 11.1 Å². The van der Waals surface area contributed by atoms with Crippen molar-refractivity contribution in [3.05, 3.63) is 93.6 Å². The van der Waals surface area contributed by atoms with E-state index in [2.05, 4.69) is 50.5 Å². The first-order valence-electron chi connectivity index (χ1n) is 9.83. The number of nitro benzene ring substituents is 1. The van der Waals surface area contributed by atoms with Crippen LogP contribution in [0.2, 0.25) is 5.02 Å². The minimum atomic E-state index is -0.673. The number of nitrogens with zero attached hydrogens (tertiary/aromatic N) is 2. The fourth-order valence-corrected chi connectivity index (χ4v) is 5.19. The number of halogens is 3. The van der Waals surface area contributed by atoms with Crippen LogP contribution in [0.4, 0.5) is 11.4 Å². The molecule has 11 heteroatoms. The molecule has 35 heavy (non-hydrogen) atoms. The topological polar surface area (TPSA) is 114 Å². The Labute approximate surface area is 233 Å². The third kappa shape index (κ3) is 7.06. The molecule has 0 bridgehead atoms. The van der Waals surface area contributed by atoms with Gasteiger partial charge in [0.15, 0.2) is 0 Å². The zero-order valence-electron chi connectivity index (χ0n) is 18.1. The maximum atomic E-state index is 12.7. The molecule has 3 rings (SSSR count). The van der Waals surface area contributed by atoms with Crippen molar-refractivity contribution >= 4 is 80.1 Å². The number of anilines is 1. The zero-order chi connectivity index (χ0) is 25.5. The molecular formula is C24H16ClI2N3O5. The first-order chi connectivity index (χ1) is 16.7. The van der Waals surface area contributed by atoms with Gasteiger partial charge >= 0.3 is 0 Å². The maximum Gasteiger partial charge on any atom is 0.273 e. The van der Waals surface area contributed by atoms with E-state index in [9.17, 15) is 20.2 Å². The summed E-state index contributed by atoms with van der Waals surface area (Å²) in [6.07, 6.45) is 1.46. The molecule has 0 fully saturated rings. The number of carbonyl (C=O) groups excluding carboxylic acids is 1. The fraction of sp³-hybridized carbons (Fsp3) is 0.0833. The Bertz CT molecular complexity index is 1330. The van der Waals surface area contributed by atoms with E-state index >= 15 is 0 Å². The number of methoxy groups -OCH3 is 1. The molecule has 1 N–H and O–H groups in total. The number of carbonyl (C=O) groups is 1. The summed E-state index contributed by atoms with van der Waals surface area (Å²) in [5, 5.41) is 23.7. The normalized spacial score (nSPS) is 10.9. The summed E-state index contributed by atoms with van der Waals surface area (Å²) >= 11 is 10.2. The van der Waals surface area contributed by atoms with E-state index in [-0.39, 0.29) is 22.7 Å². The molecule has 0 aromatic heterocycles. The molecule has 0 aliphatic rings. The number of amides is 1. The number of nitrogens with one attached hydrogen (secondary N) is 1. The Morgan fingerprint density at radius 3 is 2.40 bits per heavy atom. The molecule has 3 aromatic rings. The van der Waals surface area contributed by atoms with Crippen molar-refractivity contribution in [2.24, 2.45) is 0 Å². The van der Waals surface area contributed by atoms with Gasteiger partial charge in [-0.3, -0.25) is 14.9 Å². The number of nitriles is 1. The second-order valence-electron chi connectivity index (χ2n) is 6.99. The standard InChI is InChI=1S/C24H16ClI2N3O5/c1-34-22-11-18(30(32)33)6-7-21(22)29-24(31)16(12-28)8-15-9-19(26)23(20(27)10-15)35-13-14-2-4-17(25)5-3-14/h2-11H,13H2,1H3,(H,29,31)/b16-8+. The van der Waals surface area contributed by atoms with Crippen molar-refractivity contribution in [1.82, 2.24) is 0 Å². The lowest BCUT2D eigenvalue weighted by molar-refractivity contribution is -0.384. The monoisotopic (exact) mass is 715 g/mol. The van der Waals surface area contributed by atoms with Gasteiger partial charge < -0.3 is 14.8 Å². The first kappa shape index (κ1) is 26.7. The van der Waals surface area contributed by atoms with Crippen molar-refractivity contribution in [1.29, 1.82) is 5.26 Å². The number of non-ortho nitro benzene ring substituents is 1. The highest BCUT2D eigenvalue weighted by molar-refractivity contribution is 14.1. The van der Waals surface area contributed by atoms with Gasteiger partial charge in [-0.2, -0.15) is 5.26 Å². The minimum absolute atomic E-state index is 0.108. The summed E-state index contributed by atoms with van der Waals surface area (Å²) in [4.78, 5) is 23.1. The first-order valence-corrected chi connectivity index (χ1v) is 12.4. The van der Waals surface area contributed by atoms with Gasteiger partial charge in [-0.05, 0) is 92.7 Å². The third-order valence-corrected chi connectivity index (χ3v) is 6.49. The molecule has 0 atom stereocenters. The Balaban J connectivity index is 1.79. The van der Waals surface area contributed by atoms with Gasteiger partial charge in [0.2, 0.25) is 0 Å². The second-order valence-corrected chi connectivity index (χ2v) is 9.76. The van der Waals surface area contributed by atoms with Crippen LogP contribution in [0.5, 0.6) is 11.5 Å². The lowest BCUT2D eigenvalue weighted by Crippen LogP contribution is -2.14. The predicted octanol–water partition coefficient (Wildman–Crippen LogP) is 6.59. The molecule has 0 aliphatic carbocycles. The molecule has 0 spiro atoms. The molecule has 0 aliphatic heterocycles. The van der Waals surface area contributed by atoms with Crippen molar-refractivity contribution in [3.63, 3.8) is 0 Å². The second kappa shape index (κ2) is 12.2. The van der Waals surface area contributed by atoms with Crippen molar-refractivity contribution in [2.75, 3.05) is 12.4 Å². The number of benzene rings is 3. The lowest BCUT2D eigenvalue weighted by Gasteiger charge is -2.12. The SMILES string of the molecule is COc1cc([N+](=O)[O-])ccc1NC(=O)/C(C#N)=C/c1cc(I)c(OCc2ccc(Cl)cc2)c(I)c1. The number of hydrogen-bond acceptors (Lipinski definition) is 6. The van der Waals surface area contributed by atoms with Crippen molar-refractivity contribution < 1.29 is 19.2 Å². The number of ether oxygens (including phenoxy) is 2. The summed E-state index contributed by atoms with van der Waals surface area (Å²) < 4.78 is 12.7. The Morgan fingerprint density at radius 2 is 1.83 bits per heavy atom. The third-order valence-electron chi connectivity index (χ3n) is 4.64. The van der Waals surface area contributed by atoms with Crippen molar-refractivity contribution in [3.8, 4) is 17.6 Å². The average Bonchev–Trinajstić information content (AvgIpc) is 2.83. The van der Waals surface area contributed by atoms with Crippen LogP contribution >= 0.6 is 56.8 Å². The Hall–Kier alpha value is -2.89. The maximum absolute atomic E-state index is 12.7. The molecule has 3 aromatic carbocycles. The van der Waals surface area contributed by atoms with Crippen molar-refractivity contribution in [2.45, 2.75) is 6.61 Å². The molecule has 0 unspecified atom stereocenters. The number of hydrogen-bond donors (Lipinski definition) is 1. The van der Waals surface area contributed by atoms with Crippen LogP contribution in [0.15, 0.2) is 60.2 Å². The van der Waals surface area contributed by atoms with Crippen LogP contribution in [0.25, 0.3) is 6.08 Å². The molecule has 8 nitrogen and oxygen atoms in total. The van der Waals surface area contributed by atoms with E-state index in [0.717, 1.165) is 12.7 Å². The van der Waals surface area contributed by atoms with E-state index in [1.54, 1.807) is 24.3 Å². The highest BCUT2D eigenvalue weighted by Gasteiger charge is 2.17. The highest BCUT2D eigenvalue weighted by Crippen LogP contribution is 2.32. The molecule has 0 radical (unpaired) electrons. The van der Waals surface area contributed by atoms with Crippen LogP contribution in [0.3, 0.4) is 0 Å². The summed E-state index contributed by atoms with van der Waals surface area (Å²) in [6, 6.07) is 16.6. The molecular weight excluding hydrogens is 700 g/mol. The minimum Gasteiger partial charge on any atom is -0.494 e. The lowest BCUT2D eigenvalue weighted by atomic mass is 10.1. The zero-order valence-corrected chi connectivity index (χ0v) is 23.1. The number of nitro groups is 1. The molecule has 178 valence electrons. The van der Waals surface area contributed by atoms with Crippen LogP contribution in [0, 0.1) is 28.6 Å². The fourth-order valence-electron chi connectivity index (χ4n) is 2.94. The molecule has 0 heterocycles. The van der Waals surface area contributed by atoms with Gasteiger partial charge in [0.1, 0.15) is 29.7 Å². The van der Waals surface area contributed by atoms with Gasteiger partial charge in [-0.25, -0.2) is 0 Å². The van der Waals surface area contributed by atoms with E-state index in [1.165, 1.54) is 31.4 Å². The van der Waals surface area contributed by atoms with Gasteiger partial charge in [-0.15, -0.1) is 0 Å². The van der Waals surface area contributed by atoms with Gasteiger partial charge in [0.25, 0.3) is 11.6 Å². The highest BCUT2D eigenvalue weighted by atomic mass is 127. The summed E-state index contributed by atoms with van der Waals surface area (Å²) in [6.45, 7) is 0.362. The number of rotatable bonds is 8. The van der Waals surface area contributed by atoms with Gasteiger partial charge in [-0.1, -0.05) is 23.7 Å². The quantitative estimate of drug-likeness (QED) is 0.0926. The largest absolute Gasteiger partial charge is 0.494 e. The smallest absolute Gasteiger partial charge is 0.273 e.